The average Bonchev–Trinajstić information content (AvgIpc) is 2.37. The van der Waals surface area contributed by atoms with Gasteiger partial charge in [-0.3, -0.25) is 9.59 Å². The van der Waals surface area contributed by atoms with Gasteiger partial charge in [0.1, 0.15) is 5.75 Å². The van der Waals surface area contributed by atoms with Crippen LogP contribution in [0.5, 0.6) is 5.75 Å². The summed E-state index contributed by atoms with van der Waals surface area (Å²) in [7, 11) is 0. The van der Waals surface area contributed by atoms with Crippen LogP contribution >= 0.6 is 0 Å². The van der Waals surface area contributed by atoms with Crippen molar-refractivity contribution in [2.24, 2.45) is 5.92 Å². The molecule has 1 N–H and O–H groups in total. The lowest BCUT2D eigenvalue weighted by Crippen LogP contribution is -2.30. The summed E-state index contributed by atoms with van der Waals surface area (Å²) < 4.78 is 5.56. The van der Waals surface area contributed by atoms with E-state index in [9.17, 15) is 9.59 Å². The van der Waals surface area contributed by atoms with Gasteiger partial charge in [-0.05, 0) is 30.2 Å². The summed E-state index contributed by atoms with van der Waals surface area (Å²) >= 11 is 0. The summed E-state index contributed by atoms with van der Waals surface area (Å²) in [5, 5.41) is 8.70. The van der Waals surface area contributed by atoms with Crippen molar-refractivity contribution in [3.63, 3.8) is 0 Å². The molecule has 1 amide bonds. The lowest BCUT2D eigenvalue weighted by molar-refractivity contribution is -0.136. The highest BCUT2D eigenvalue weighted by molar-refractivity contribution is 5.92. The third kappa shape index (κ3) is 5.30. The number of hydrogen-bond donors (Lipinski definition) is 1. The van der Waals surface area contributed by atoms with Crippen LogP contribution in [0.15, 0.2) is 24.3 Å². The largest absolute Gasteiger partial charge is 0.493 e. The monoisotopic (exact) mass is 279 g/mol. The van der Waals surface area contributed by atoms with E-state index in [4.69, 9.17) is 9.84 Å². The smallest absolute Gasteiger partial charge is 0.305 e. The first-order valence-corrected chi connectivity index (χ1v) is 6.63. The average molecular weight is 279 g/mol. The van der Waals surface area contributed by atoms with Crippen LogP contribution in [0.1, 0.15) is 27.2 Å². The first-order chi connectivity index (χ1) is 9.40. The predicted molar refractivity (Wildman–Crippen MR) is 77.1 cm³/mol. The Morgan fingerprint density at radius 1 is 1.25 bits per heavy atom. The second-order valence-corrected chi connectivity index (χ2v) is 5.01. The van der Waals surface area contributed by atoms with E-state index in [0.717, 1.165) is 5.75 Å². The summed E-state index contributed by atoms with van der Waals surface area (Å²) in [6, 6.07) is 7.10. The van der Waals surface area contributed by atoms with Gasteiger partial charge >= 0.3 is 5.97 Å². The lowest BCUT2D eigenvalue weighted by atomic mass is 10.2. The van der Waals surface area contributed by atoms with Crippen LogP contribution < -0.4 is 9.64 Å². The summed E-state index contributed by atoms with van der Waals surface area (Å²) in [5.41, 5.74) is 0.677. The molecule has 0 radical (unpaired) electrons. The van der Waals surface area contributed by atoms with Crippen molar-refractivity contribution in [2.75, 3.05) is 18.1 Å². The molecule has 5 nitrogen and oxygen atoms in total. The maximum atomic E-state index is 11.6. The van der Waals surface area contributed by atoms with Gasteiger partial charge in [0.2, 0.25) is 5.91 Å². The molecule has 0 unspecified atom stereocenters. The van der Waals surface area contributed by atoms with Crippen LogP contribution in [-0.2, 0) is 9.59 Å². The standard InChI is InChI=1S/C15H21NO4/c1-11(2)10-20-14-6-4-13(5-7-14)16(12(3)17)9-8-15(18)19/h4-7,11H,8-10H2,1-3H3,(H,18,19). The molecule has 0 fully saturated rings. The van der Waals surface area contributed by atoms with Crippen molar-refractivity contribution >= 4 is 17.6 Å². The second-order valence-electron chi connectivity index (χ2n) is 5.01. The molecular formula is C15H21NO4. The molecule has 5 heteroatoms. The van der Waals surface area contributed by atoms with E-state index in [1.807, 2.05) is 0 Å². The molecule has 20 heavy (non-hydrogen) atoms. The Morgan fingerprint density at radius 3 is 2.30 bits per heavy atom. The zero-order valence-corrected chi connectivity index (χ0v) is 12.1. The number of hydrogen-bond acceptors (Lipinski definition) is 3. The zero-order chi connectivity index (χ0) is 15.1. The number of carboxylic acid groups (broad SMARTS) is 1. The van der Waals surface area contributed by atoms with Crippen molar-refractivity contribution in [3.05, 3.63) is 24.3 Å². The van der Waals surface area contributed by atoms with E-state index < -0.39 is 5.97 Å². The number of nitrogens with zero attached hydrogens (tertiary/aromatic N) is 1. The summed E-state index contributed by atoms with van der Waals surface area (Å²) in [4.78, 5) is 23.6. The molecule has 0 bridgehead atoms. The summed E-state index contributed by atoms with van der Waals surface area (Å²) in [5.74, 6) is 0.0818. The van der Waals surface area contributed by atoms with E-state index in [1.165, 1.54) is 11.8 Å². The van der Waals surface area contributed by atoms with Gasteiger partial charge in [0.25, 0.3) is 0 Å². The molecule has 0 saturated heterocycles. The molecule has 0 aliphatic carbocycles. The fraction of sp³-hybridized carbons (Fsp3) is 0.467. The number of rotatable bonds is 7. The molecule has 0 aromatic heterocycles. The number of carbonyl (C=O) groups excluding carboxylic acids is 1. The maximum absolute atomic E-state index is 11.6. The second kappa shape index (κ2) is 7.53. The molecule has 1 aromatic carbocycles. The topological polar surface area (TPSA) is 66.8 Å². The molecule has 110 valence electrons. The minimum atomic E-state index is -0.923. The normalized spacial score (nSPS) is 10.4. The number of ether oxygens (including phenoxy) is 1. The lowest BCUT2D eigenvalue weighted by Gasteiger charge is -2.20. The van der Waals surface area contributed by atoms with E-state index in [1.54, 1.807) is 24.3 Å². The van der Waals surface area contributed by atoms with E-state index in [-0.39, 0.29) is 18.9 Å². The molecule has 0 atom stereocenters. The number of anilines is 1. The van der Waals surface area contributed by atoms with Gasteiger partial charge in [-0.25, -0.2) is 0 Å². The minimum absolute atomic E-state index is 0.0782. The molecular weight excluding hydrogens is 258 g/mol. The van der Waals surface area contributed by atoms with Gasteiger partial charge in [0.05, 0.1) is 13.0 Å². The van der Waals surface area contributed by atoms with Gasteiger partial charge in [-0.1, -0.05) is 13.8 Å². The van der Waals surface area contributed by atoms with Crippen molar-refractivity contribution in [1.82, 2.24) is 0 Å². The highest BCUT2D eigenvalue weighted by atomic mass is 16.5. The van der Waals surface area contributed by atoms with Gasteiger partial charge in [0, 0.05) is 19.2 Å². The fourth-order valence-electron chi connectivity index (χ4n) is 1.66. The van der Waals surface area contributed by atoms with E-state index in [0.29, 0.717) is 18.2 Å². The van der Waals surface area contributed by atoms with Gasteiger partial charge in [0.15, 0.2) is 0 Å². The van der Waals surface area contributed by atoms with Crippen LogP contribution in [0.25, 0.3) is 0 Å². The number of benzene rings is 1. The fourth-order valence-corrected chi connectivity index (χ4v) is 1.66. The Labute approximate surface area is 119 Å². The van der Waals surface area contributed by atoms with E-state index >= 15 is 0 Å². The van der Waals surface area contributed by atoms with Crippen LogP contribution in [0.4, 0.5) is 5.69 Å². The first kappa shape index (κ1) is 16.0. The number of carbonyl (C=O) groups is 2. The van der Waals surface area contributed by atoms with Gasteiger partial charge in [-0.15, -0.1) is 0 Å². The van der Waals surface area contributed by atoms with Crippen molar-refractivity contribution in [3.8, 4) is 5.75 Å². The predicted octanol–water partition coefficient (Wildman–Crippen LogP) is 2.55. The number of amides is 1. The Hall–Kier alpha value is -2.04. The van der Waals surface area contributed by atoms with Crippen molar-refractivity contribution in [2.45, 2.75) is 27.2 Å². The van der Waals surface area contributed by atoms with E-state index in [2.05, 4.69) is 13.8 Å². The van der Waals surface area contributed by atoms with Gasteiger partial charge < -0.3 is 14.7 Å². The molecule has 0 spiro atoms. The van der Waals surface area contributed by atoms with Crippen LogP contribution in [-0.4, -0.2) is 30.1 Å². The zero-order valence-electron chi connectivity index (χ0n) is 12.1. The highest BCUT2D eigenvalue weighted by Crippen LogP contribution is 2.20. The Bertz CT molecular complexity index is 453. The SMILES string of the molecule is CC(=O)N(CCC(=O)O)c1ccc(OCC(C)C)cc1. The van der Waals surface area contributed by atoms with Crippen LogP contribution in [0.2, 0.25) is 0 Å². The Kier molecular flexibility index (Phi) is 6.03. The molecule has 0 heterocycles. The number of aliphatic carboxylic acids is 1. The van der Waals surface area contributed by atoms with Gasteiger partial charge in [-0.2, -0.15) is 0 Å². The van der Waals surface area contributed by atoms with Crippen molar-refractivity contribution in [1.29, 1.82) is 0 Å². The summed E-state index contributed by atoms with van der Waals surface area (Å²) in [6.07, 6.45) is -0.0782. The molecule has 1 aromatic rings. The van der Waals surface area contributed by atoms with Crippen LogP contribution in [0.3, 0.4) is 0 Å². The van der Waals surface area contributed by atoms with Crippen LogP contribution in [0, 0.1) is 5.92 Å². The quantitative estimate of drug-likeness (QED) is 0.833. The molecule has 0 saturated carbocycles. The first-order valence-electron chi connectivity index (χ1n) is 6.63. The highest BCUT2D eigenvalue weighted by Gasteiger charge is 2.13. The van der Waals surface area contributed by atoms with Crippen molar-refractivity contribution < 1.29 is 19.4 Å². The minimum Gasteiger partial charge on any atom is -0.493 e. The Morgan fingerprint density at radius 2 is 1.85 bits per heavy atom. The molecule has 1 rings (SSSR count). The summed E-state index contributed by atoms with van der Waals surface area (Å²) in [6.45, 7) is 6.35. The maximum Gasteiger partial charge on any atom is 0.305 e. The third-order valence-electron chi connectivity index (χ3n) is 2.66. The number of carboxylic acids is 1. The Balaban J connectivity index is 2.72. The molecule has 0 aliphatic heterocycles. The molecule has 0 aliphatic rings. The third-order valence-corrected chi connectivity index (χ3v) is 2.66.